The maximum atomic E-state index is 11.2. The Morgan fingerprint density at radius 2 is 2.00 bits per heavy atom. The molecule has 2 rings (SSSR count). The number of benzene rings is 1. The van der Waals surface area contributed by atoms with Crippen molar-refractivity contribution >= 4 is 5.69 Å². The summed E-state index contributed by atoms with van der Waals surface area (Å²) in [5.41, 5.74) is 2.36. The number of rotatable bonds is 6. The Kier molecular flexibility index (Phi) is 4.67. The number of hydrogen-bond acceptors (Lipinski definition) is 3. The molecule has 0 aliphatic heterocycles. The minimum Gasteiger partial charge on any atom is -0.314 e. The summed E-state index contributed by atoms with van der Waals surface area (Å²) in [6.07, 6.45) is 3.29. The van der Waals surface area contributed by atoms with Gasteiger partial charge in [-0.2, -0.15) is 0 Å². The first-order chi connectivity index (χ1) is 10.00. The molecule has 1 fully saturated rings. The molecule has 0 amide bonds. The molecule has 1 aliphatic carbocycles. The third-order valence-electron chi connectivity index (χ3n) is 5.46. The maximum absolute atomic E-state index is 11.2. The summed E-state index contributed by atoms with van der Waals surface area (Å²) in [5, 5.41) is 14.8. The lowest BCUT2D eigenvalue weighted by atomic mass is 9.51. The van der Waals surface area contributed by atoms with Gasteiger partial charge in [0.1, 0.15) is 0 Å². The molecule has 0 radical (unpaired) electrons. The monoisotopic (exact) mass is 290 g/mol. The zero-order valence-electron chi connectivity index (χ0n) is 13.5. The summed E-state index contributed by atoms with van der Waals surface area (Å²) in [6, 6.07) is 6.30. The van der Waals surface area contributed by atoms with E-state index >= 15 is 0 Å². The largest absolute Gasteiger partial charge is 0.314 e. The van der Waals surface area contributed by atoms with Gasteiger partial charge in [-0.15, -0.1) is 0 Å². The summed E-state index contributed by atoms with van der Waals surface area (Å²) < 4.78 is 0. The SMILES string of the molecule is CCNC1CC(c2ccc(C)c([N+](=O)[O-])c2)C1(CC)CC. The van der Waals surface area contributed by atoms with Gasteiger partial charge in [-0.1, -0.05) is 32.9 Å². The molecule has 0 spiro atoms. The molecule has 2 atom stereocenters. The Labute approximate surface area is 127 Å². The average Bonchev–Trinajstić information content (AvgIpc) is 2.45. The number of nitro benzene ring substituents is 1. The Bertz CT molecular complexity index is 524. The molecule has 0 bridgehead atoms. The van der Waals surface area contributed by atoms with E-state index in [-0.39, 0.29) is 16.0 Å². The molecule has 0 heterocycles. The van der Waals surface area contributed by atoms with Crippen LogP contribution in [0.1, 0.15) is 57.1 Å². The summed E-state index contributed by atoms with van der Waals surface area (Å²) in [7, 11) is 0. The van der Waals surface area contributed by atoms with Gasteiger partial charge >= 0.3 is 0 Å². The van der Waals surface area contributed by atoms with Crippen molar-refractivity contribution in [3.8, 4) is 0 Å². The molecule has 21 heavy (non-hydrogen) atoms. The van der Waals surface area contributed by atoms with Crippen molar-refractivity contribution in [1.29, 1.82) is 0 Å². The lowest BCUT2D eigenvalue weighted by Gasteiger charge is -2.56. The summed E-state index contributed by atoms with van der Waals surface area (Å²) in [5.74, 6) is 0.427. The lowest BCUT2D eigenvalue weighted by Crippen LogP contribution is -2.58. The maximum Gasteiger partial charge on any atom is 0.272 e. The molecule has 1 aromatic rings. The lowest BCUT2D eigenvalue weighted by molar-refractivity contribution is -0.385. The molecule has 1 aliphatic rings. The van der Waals surface area contributed by atoms with Crippen LogP contribution in [0.5, 0.6) is 0 Å². The van der Waals surface area contributed by atoms with Crippen LogP contribution < -0.4 is 5.32 Å². The van der Waals surface area contributed by atoms with Gasteiger partial charge in [-0.3, -0.25) is 10.1 Å². The predicted octanol–water partition coefficient (Wildman–Crippen LogP) is 4.18. The minimum absolute atomic E-state index is 0.235. The van der Waals surface area contributed by atoms with Crippen LogP contribution in [0, 0.1) is 22.5 Å². The van der Waals surface area contributed by atoms with E-state index in [0.717, 1.165) is 36.9 Å². The van der Waals surface area contributed by atoms with Gasteiger partial charge in [0.05, 0.1) is 4.92 Å². The number of nitrogens with one attached hydrogen (secondary N) is 1. The zero-order chi connectivity index (χ0) is 15.6. The first-order valence-corrected chi connectivity index (χ1v) is 7.98. The van der Waals surface area contributed by atoms with Crippen molar-refractivity contribution in [2.75, 3.05) is 6.54 Å². The Hall–Kier alpha value is -1.42. The van der Waals surface area contributed by atoms with Crippen LogP contribution in [0.2, 0.25) is 0 Å². The van der Waals surface area contributed by atoms with E-state index in [0.29, 0.717) is 12.0 Å². The van der Waals surface area contributed by atoms with E-state index in [1.165, 1.54) is 0 Å². The van der Waals surface area contributed by atoms with Gasteiger partial charge in [0.25, 0.3) is 5.69 Å². The Morgan fingerprint density at radius 1 is 1.33 bits per heavy atom. The number of hydrogen-bond donors (Lipinski definition) is 1. The molecule has 1 N–H and O–H groups in total. The van der Waals surface area contributed by atoms with Gasteiger partial charge < -0.3 is 5.32 Å². The highest BCUT2D eigenvalue weighted by atomic mass is 16.6. The number of nitrogens with zero attached hydrogens (tertiary/aromatic N) is 1. The second kappa shape index (κ2) is 6.14. The van der Waals surface area contributed by atoms with Crippen molar-refractivity contribution in [3.05, 3.63) is 39.4 Å². The summed E-state index contributed by atoms with van der Waals surface area (Å²) in [4.78, 5) is 10.9. The standard InChI is InChI=1S/C17H26N2O2/c1-5-17(6-2)14(11-16(17)18-7-3)13-9-8-12(4)15(10-13)19(20)21/h8-10,14,16,18H,5-7,11H2,1-4H3. The van der Waals surface area contributed by atoms with E-state index in [1.54, 1.807) is 13.0 Å². The van der Waals surface area contributed by atoms with E-state index in [1.807, 2.05) is 6.07 Å². The van der Waals surface area contributed by atoms with Gasteiger partial charge in [-0.25, -0.2) is 0 Å². The topological polar surface area (TPSA) is 55.2 Å². The third-order valence-corrected chi connectivity index (χ3v) is 5.46. The number of nitro groups is 1. The minimum atomic E-state index is -0.265. The van der Waals surface area contributed by atoms with E-state index < -0.39 is 0 Å². The quantitative estimate of drug-likeness (QED) is 0.631. The molecule has 1 saturated carbocycles. The molecule has 2 unspecified atom stereocenters. The van der Waals surface area contributed by atoms with E-state index in [9.17, 15) is 10.1 Å². The molecule has 116 valence electrons. The first-order valence-electron chi connectivity index (χ1n) is 7.98. The fourth-order valence-corrected chi connectivity index (χ4v) is 4.06. The van der Waals surface area contributed by atoms with Gasteiger partial charge in [0, 0.05) is 17.7 Å². The van der Waals surface area contributed by atoms with Gasteiger partial charge in [-0.05, 0) is 49.6 Å². The molecular formula is C17H26N2O2. The highest BCUT2D eigenvalue weighted by Crippen LogP contribution is 2.57. The Balaban J connectivity index is 2.34. The molecular weight excluding hydrogens is 264 g/mol. The van der Waals surface area contributed by atoms with E-state index in [2.05, 4.69) is 32.2 Å². The van der Waals surface area contributed by atoms with Gasteiger partial charge in [0.15, 0.2) is 0 Å². The van der Waals surface area contributed by atoms with Crippen LogP contribution in [0.4, 0.5) is 5.69 Å². The Morgan fingerprint density at radius 3 is 2.52 bits per heavy atom. The molecule has 0 saturated heterocycles. The number of aryl methyl sites for hydroxylation is 1. The smallest absolute Gasteiger partial charge is 0.272 e. The normalized spacial score (nSPS) is 23.6. The predicted molar refractivity (Wildman–Crippen MR) is 85.7 cm³/mol. The van der Waals surface area contributed by atoms with E-state index in [4.69, 9.17) is 0 Å². The third kappa shape index (κ3) is 2.57. The fraction of sp³-hybridized carbons (Fsp3) is 0.647. The van der Waals surface area contributed by atoms with Crippen LogP contribution in [0.25, 0.3) is 0 Å². The average molecular weight is 290 g/mol. The zero-order valence-corrected chi connectivity index (χ0v) is 13.5. The van der Waals surface area contributed by atoms with Crippen molar-refractivity contribution in [3.63, 3.8) is 0 Å². The van der Waals surface area contributed by atoms with Crippen molar-refractivity contribution < 1.29 is 4.92 Å². The molecule has 4 nitrogen and oxygen atoms in total. The molecule has 1 aromatic carbocycles. The summed E-state index contributed by atoms with van der Waals surface area (Å²) >= 11 is 0. The van der Waals surface area contributed by atoms with Crippen molar-refractivity contribution in [1.82, 2.24) is 5.32 Å². The van der Waals surface area contributed by atoms with Gasteiger partial charge in [0.2, 0.25) is 0 Å². The van der Waals surface area contributed by atoms with Crippen LogP contribution in [0.15, 0.2) is 18.2 Å². The first kappa shape index (κ1) is 16.0. The van der Waals surface area contributed by atoms with Crippen LogP contribution in [-0.2, 0) is 0 Å². The highest BCUT2D eigenvalue weighted by molar-refractivity contribution is 5.45. The highest BCUT2D eigenvalue weighted by Gasteiger charge is 2.52. The van der Waals surface area contributed by atoms with Crippen molar-refractivity contribution in [2.24, 2.45) is 5.41 Å². The second-order valence-electron chi connectivity index (χ2n) is 6.14. The van der Waals surface area contributed by atoms with Crippen LogP contribution in [-0.4, -0.2) is 17.5 Å². The molecule has 0 aromatic heterocycles. The summed E-state index contributed by atoms with van der Waals surface area (Å²) in [6.45, 7) is 9.40. The second-order valence-corrected chi connectivity index (χ2v) is 6.14. The van der Waals surface area contributed by atoms with Crippen LogP contribution in [0.3, 0.4) is 0 Å². The molecule has 4 heteroatoms. The fourth-order valence-electron chi connectivity index (χ4n) is 4.06. The van der Waals surface area contributed by atoms with Crippen molar-refractivity contribution in [2.45, 2.75) is 58.9 Å². The van der Waals surface area contributed by atoms with Crippen LogP contribution >= 0.6 is 0 Å².